The summed E-state index contributed by atoms with van der Waals surface area (Å²) >= 11 is 0. The maximum absolute atomic E-state index is 12.4. The molecule has 0 saturated carbocycles. The van der Waals surface area contributed by atoms with Crippen LogP contribution in [0.25, 0.3) is 6.08 Å². The van der Waals surface area contributed by atoms with Crippen molar-refractivity contribution in [3.05, 3.63) is 96.1 Å². The van der Waals surface area contributed by atoms with E-state index < -0.39 is 15.6 Å². The molecule has 0 aromatic heterocycles. The average molecular weight is 450 g/mol. The molecule has 0 fully saturated rings. The smallest absolute Gasteiger partial charge is 0.261 e. The van der Waals surface area contributed by atoms with Gasteiger partial charge >= 0.3 is 0 Å². The summed E-state index contributed by atoms with van der Waals surface area (Å²) in [5, 5.41) is 10.2. The number of para-hydroxylation sites is 1. The maximum Gasteiger partial charge on any atom is 0.261 e. The Kier molecular flexibility index (Phi) is 8.25. The first-order chi connectivity index (χ1) is 15.1. The molecule has 0 aliphatic heterocycles. The second-order valence-electron chi connectivity index (χ2n) is 7.16. The molecule has 3 rings (SSSR count). The van der Waals surface area contributed by atoms with Crippen molar-refractivity contribution in [2.24, 2.45) is 0 Å². The van der Waals surface area contributed by atoms with Crippen LogP contribution in [0.15, 0.2) is 84.3 Å². The Morgan fingerprint density at radius 1 is 1.06 bits per heavy atom. The van der Waals surface area contributed by atoms with E-state index in [-0.39, 0.29) is 10.6 Å². The van der Waals surface area contributed by atoms with E-state index in [0.29, 0.717) is 5.56 Å². The van der Waals surface area contributed by atoms with Gasteiger partial charge in [0.1, 0.15) is 11.4 Å². The molecule has 1 unspecified atom stereocenters. The van der Waals surface area contributed by atoms with Gasteiger partial charge in [0.25, 0.3) is 10.0 Å². The summed E-state index contributed by atoms with van der Waals surface area (Å²) in [6.07, 6.45) is 7.13. The largest absolute Gasteiger partial charge is 0.497 e. The highest BCUT2D eigenvalue weighted by Gasteiger charge is 2.25. The lowest BCUT2D eigenvalue weighted by atomic mass is 9.95. The molecule has 32 heavy (non-hydrogen) atoms. The summed E-state index contributed by atoms with van der Waals surface area (Å²) < 4.78 is 32.3. The minimum absolute atomic E-state index is 0.147. The molecule has 5 nitrogen and oxygen atoms in total. The number of terminal acetylenes is 1. The van der Waals surface area contributed by atoms with Gasteiger partial charge in [0.15, 0.2) is 0 Å². The highest BCUT2D eigenvalue weighted by molar-refractivity contribution is 7.92. The minimum atomic E-state index is -3.75. The van der Waals surface area contributed by atoms with Gasteiger partial charge in [0, 0.05) is 5.56 Å². The number of rotatable bonds is 6. The number of anilines is 1. The van der Waals surface area contributed by atoms with Crippen molar-refractivity contribution in [3.8, 4) is 18.1 Å². The van der Waals surface area contributed by atoms with E-state index in [0.717, 1.165) is 16.9 Å². The molecule has 166 valence electrons. The Balaban J connectivity index is 0.000000303. The van der Waals surface area contributed by atoms with Gasteiger partial charge in [-0.2, -0.15) is 0 Å². The molecule has 2 N–H and O–H groups in total. The summed E-state index contributed by atoms with van der Waals surface area (Å²) in [6.45, 7) is 6.96. The first-order valence-corrected chi connectivity index (χ1v) is 11.3. The summed E-state index contributed by atoms with van der Waals surface area (Å²) in [5.41, 5.74) is 1.10. The van der Waals surface area contributed by atoms with Gasteiger partial charge in [-0.3, -0.25) is 4.72 Å². The Labute approximate surface area is 190 Å². The Morgan fingerprint density at radius 2 is 1.66 bits per heavy atom. The van der Waals surface area contributed by atoms with Crippen LogP contribution in [0, 0.1) is 19.3 Å². The summed E-state index contributed by atoms with van der Waals surface area (Å²) in [4.78, 5) is 0.147. The third-order valence-corrected chi connectivity index (χ3v) is 6.04. The van der Waals surface area contributed by atoms with Crippen LogP contribution in [0.2, 0.25) is 0 Å². The number of hydrogen-bond donors (Lipinski definition) is 2. The van der Waals surface area contributed by atoms with Crippen LogP contribution >= 0.6 is 0 Å². The molecule has 3 aromatic carbocycles. The average Bonchev–Trinajstić information content (AvgIpc) is 2.80. The number of hydrogen-bond acceptors (Lipinski definition) is 4. The van der Waals surface area contributed by atoms with Crippen LogP contribution in [-0.2, 0) is 15.6 Å². The molecular weight excluding hydrogens is 422 g/mol. The molecule has 0 bridgehead atoms. The van der Waals surface area contributed by atoms with E-state index in [1.54, 1.807) is 49.6 Å². The van der Waals surface area contributed by atoms with Crippen molar-refractivity contribution in [1.82, 2.24) is 0 Å². The maximum atomic E-state index is 12.4. The van der Waals surface area contributed by atoms with Gasteiger partial charge in [0.2, 0.25) is 0 Å². The topological polar surface area (TPSA) is 75.6 Å². The SMILES string of the molecule is C#CC(C)(O)c1ccccc1NS(=O)(=O)c1ccc(C)cc1.C=Cc1ccc(OC)cc1. The van der Waals surface area contributed by atoms with Crippen LogP contribution < -0.4 is 9.46 Å². The third-order valence-electron chi connectivity index (χ3n) is 4.66. The normalized spacial score (nSPS) is 12.3. The molecule has 0 saturated heterocycles. The van der Waals surface area contributed by atoms with Crippen molar-refractivity contribution in [1.29, 1.82) is 0 Å². The van der Waals surface area contributed by atoms with Crippen molar-refractivity contribution in [2.75, 3.05) is 11.8 Å². The molecule has 0 amide bonds. The predicted molar refractivity (Wildman–Crippen MR) is 130 cm³/mol. The predicted octanol–water partition coefficient (Wildman–Crippen LogP) is 4.97. The second-order valence-corrected chi connectivity index (χ2v) is 8.84. The Bertz CT molecular complexity index is 1190. The molecular formula is C26H27NO4S. The Hall–Kier alpha value is -3.53. The zero-order chi connectivity index (χ0) is 23.8. The van der Waals surface area contributed by atoms with Crippen LogP contribution in [0.5, 0.6) is 5.75 Å². The van der Waals surface area contributed by atoms with Crippen molar-refractivity contribution in [3.63, 3.8) is 0 Å². The molecule has 0 spiro atoms. The summed E-state index contributed by atoms with van der Waals surface area (Å²) in [7, 11) is -2.10. The van der Waals surface area contributed by atoms with Crippen LogP contribution in [0.4, 0.5) is 5.69 Å². The highest BCUT2D eigenvalue weighted by Crippen LogP contribution is 2.29. The Morgan fingerprint density at radius 3 is 2.19 bits per heavy atom. The van der Waals surface area contributed by atoms with Crippen LogP contribution in [-0.4, -0.2) is 20.6 Å². The van der Waals surface area contributed by atoms with Crippen molar-refractivity contribution >= 4 is 21.8 Å². The van der Waals surface area contributed by atoms with E-state index in [1.165, 1.54) is 19.1 Å². The molecule has 0 radical (unpaired) electrons. The fourth-order valence-electron chi connectivity index (χ4n) is 2.74. The standard InChI is InChI=1S/C17H17NO3S.C9H10O/c1-4-17(3,19)15-7-5-6-8-16(15)18-22(20,21)14-11-9-13(2)10-12-14;1-3-8-4-6-9(10-2)7-5-8/h1,5-12,18-19H,2-3H3;3-7H,1H2,2H3. The number of benzene rings is 3. The molecule has 3 aromatic rings. The molecule has 1 atom stereocenters. The van der Waals surface area contributed by atoms with E-state index in [2.05, 4.69) is 17.2 Å². The molecule has 0 aliphatic rings. The molecule has 0 aliphatic carbocycles. The van der Waals surface area contributed by atoms with Gasteiger partial charge in [-0.05, 0) is 49.7 Å². The number of aryl methyl sites for hydroxylation is 1. The fraction of sp³-hybridized carbons (Fsp3) is 0.154. The first-order valence-electron chi connectivity index (χ1n) is 9.78. The number of nitrogens with one attached hydrogen (secondary N) is 1. The lowest BCUT2D eigenvalue weighted by Crippen LogP contribution is -2.22. The van der Waals surface area contributed by atoms with E-state index in [1.807, 2.05) is 31.2 Å². The van der Waals surface area contributed by atoms with Gasteiger partial charge < -0.3 is 9.84 Å². The van der Waals surface area contributed by atoms with Gasteiger partial charge in [-0.25, -0.2) is 8.42 Å². The molecule has 6 heteroatoms. The van der Waals surface area contributed by atoms with Crippen molar-refractivity contribution in [2.45, 2.75) is 24.3 Å². The van der Waals surface area contributed by atoms with E-state index >= 15 is 0 Å². The van der Waals surface area contributed by atoms with Crippen LogP contribution in [0.1, 0.15) is 23.6 Å². The lowest BCUT2D eigenvalue weighted by Gasteiger charge is -2.21. The van der Waals surface area contributed by atoms with E-state index in [9.17, 15) is 13.5 Å². The first kappa shape index (κ1) is 24.7. The van der Waals surface area contributed by atoms with Crippen molar-refractivity contribution < 1.29 is 18.3 Å². The number of aliphatic hydroxyl groups is 1. The third kappa shape index (κ3) is 6.48. The van der Waals surface area contributed by atoms with Crippen LogP contribution in [0.3, 0.4) is 0 Å². The fourth-order valence-corrected chi connectivity index (χ4v) is 3.82. The lowest BCUT2D eigenvalue weighted by molar-refractivity contribution is 0.123. The zero-order valence-corrected chi connectivity index (χ0v) is 19.2. The monoisotopic (exact) mass is 449 g/mol. The van der Waals surface area contributed by atoms with Gasteiger partial charge in [-0.15, -0.1) is 6.42 Å². The molecule has 0 heterocycles. The van der Waals surface area contributed by atoms with Gasteiger partial charge in [-0.1, -0.05) is 66.6 Å². The number of methoxy groups -OCH3 is 1. The highest BCUT2D eigenvalue weighted by atomic mass is 32.2. The number of sulfonamides is 1. The van der Waals surface area contributed by atoms with Gasteiger partial charge in [0.05, 0.1) is 17.7 Å². The van der Waals surface area contributed by atoms with E-state index in [4.69, 9.17) is 11.2 Å². The summed E-state index contributed by atoms with van der Waals surface area (Å²) in [6, 6.07) is 20.8. The minimum Gasteiger partial charge on any atom is -0.497 e. The quantitative estimate of drug-likeness (QED) is 0.521. The number of ether oxygens (including phenoxy) is 1. The zero-order valence-electron chi connectivity index (χ0n) is 18.4. The second kappa shape index (κ2) is 10.7. The summed E-state index contributed by atoms with van der Waals surface area (Å²) in [5.74, 6) is 3.13.